The van der Waals surface area contributed by atoms with Crippen LogP contribution >= 0.6 is 0 Å². The quantitative estimate of drug-likeness (QED) is 0.0189. The monoisotopic (exact) mass is 1230 g/mol. The van der Waals surface area contributed by atoms with E-state index in [0.29, 0.717) is 12.4 Å². The van der Waals surface area contributed by atoms with Gasteiger partial charge in [0.1, 0.15) is 37.3 Å². The van der Waals surface area contributed by atoms with E-state index in [-0.39, 0.29) is 43.4 Å². The van der Waals surface area contributed by atoms with Crippen LogP contribution in [-0.2, 0) is 42.9 Å². The zero-order valence-corrected chi connectivity index (χ0v) is 51.8. The number of fused-ring (bicyclic) bond motifs is 2. The van der Waals surface area contributed by atoms with E-state index in [1.807, 2.05) is 13.8 Å². The number of carbonyl (C=O) groups excluding carboxylic acids is 3. The van der Waals surface area contributed by atoms with Gasteiger partial charge in [0.05, 0.1) is 60.9 Å². The molecule has 24 heteroatoms. The van der Waals surface area contributed by atoms with Crippen molar-refractivity contribution >= 4 is 35.8 Å². The summed E-state index contributed by atoms with van der Waals surface area (Å²) in [6, 6.07) is 0. The van der Waals surface area contributed by atoms with Crippen LogP contribution in [0.2, 0.25) is 0 Å². The Labute approximate surface area is 507 Å². The Balaban J connectivity index is 2.54. The molecule has 0 aromatic rings. The van der Waals surface area contributed by atoms with Crippen LogP contribution in [0.15, 0.2) is 53.6 Å². The van der Waals surface area contributed by atoms with Crippen LogP contribution in [0.25, 0.3) is 0 Å². The van der Waals surface area contributed by atoms with Crippen LogP contribution in [0.3, 0.4) is 0 Å². The van der Waals surface area contributed by atoms with Crippen molar-refractivity contribution < 1.29 is 104 Å². The topological polar surface area (TPSA) is 415 Å². The highest BCUT2D eigenvalue weighted by Gasteiger charge is 2.51. The summed E-state index contributed by atoms with van der Waals surface area (Å²) in [6.07, 6.45) is -3.66. The van der Waals surface area contributed by atoms with Crippen LogP contribution in [0.5, 0.6) is 0 Å². The molecule has 1 saturated heterocycles. The van der Waals surface area contributed by atoms with E-state index < -0.39 is 183 Å². The number of unbranched alkanes of at least 4 members (excludes halogenated alkanes) is 2. The molecule has 15 N–H and O–H groups in total. The van der Waals surface area contributed by atoms with Crippen LogP contribution in [0.4, 0.5) is 0 Å². The summed E-state index contributed by atoms with van der Waals surface area (Å²) >= 11 is 0. The van der Waals surface area contributed by atoms with Crippen molar-refractivity contribution in [3.8, 4) is 0 Å². The van der Waals surface area contributed by atoms with Gasteiger partial charge in [0.15, 0.2) is 11.7 Å². The lowest BCUT2D eigenvalue weighted by molar-refractivity contribution is -0.334. The maximum absolute atomic E-state index is 13.9. The first kappa shape index (κ1) is 77.2. The van der Waals surface area contributed by atoms with Gasteiger partial charge >= 0.3 is 29.8 Å². The minimum atomic E-state index is -2.74. The third kappa shape index (κ3) is 28.5. The zero-order valence-electron chi connectivity index (χ0n) is 51.8. The minimum Gasteiger partial charge on any atom is -0.481 e. The van der Waals surface area contributed by atoms with E-state index in [4.69, 9.17) is 24.7 Å². The highest BCUT2D eigenvalue weighted by Crippen LogP contribution is 2.38. The summed E-state index contributed by atoms with van der Waals surface area (Å²) in [7, 11) is 1.62. The maximum atomic E-state index is 13.9. The average molecular weight is 1230 g/mol. The molecule has 0 aromatic heterocycles. The number of carbonyl (C=O) groups is 5. The second kappa shape index (κ2) is 39.2. The second-order valence-corrected chi connectivity index (χ2v) is 24.4. The number of aliphatic carboxylic acids is 2. The molecule has 1 fully saturated rings. The molecule has 86 heavy (non-hydrogen) atoms. The van der Waals surface area contributed by atoms with Crippen molar-refractivity contribution in [3.63, 3.8) is 0 Å². The molecule has 2 aliphatic heterocycles. The first-order chi connectivity index (χ1) is 40.3. The second-order valence-electron chi connectivity index (χ2n) is 24.4. The Morgan fingerprint density at radius 3 is 1.95 bits per heavy atom. The van der Waals surface area contributed by atoms with Gasteiger partial charge in [-0.2, -0.15) is 0 Å². The third-order valence-corrected chi connectivity index (χ3v) is 16.7. The number of ether oxygens (including phenoxy) is 4. The molecule has 2 heterocycles. The van der Waals surface area contributed by atoms with E-state index in [9.17, 15) is 85.3 Å². The predicted octanol–water partition coefficient (Wildman–Crippen LogP) is 3.33. The van der Waals surface area contributed by atoms with Crippen LogP contribution < -0.4 is 11.1 Å². The third-order valence-electron chi connectivity index (χ3n) is 16.7. The summed E-state index contributed by atoms with van der Waals surface area (Å²) in [5, 5.41) is 135. The van der Waals surface area contributed by atoms with Gasteiger partial charge in [-0.05, 0) is 76.0 Å². The fourth-order valence-electron chi connectivity index (χ4n) is 10.8. The molecule has 2 bridgehead atoms. The van der Waals surface area contributed by atoms with Gasteiger partial charge in [-0.3, -0.25) is 29.0 Å². The standard InChI is InChI=1S/C62H105N3O21/c1-35(18-14-12-10-11-13-17-25-65-61(63)64-9)26-39(5)58-38(4)19-15-16-20-46(67)40(6)50(71)28-43(66)27-44(83-56(78)32-54(74)75)29-45-30-52(73)59(80)62(82,86-45)34-53(84-57(79)33-55(76)77)37(3)22-24-47(68)41(7)51(72)31-49(70)36(2)21-23-48(69)42(8)60(81)85-58/h10-11,15-16,19-21,23,35-53,58-59,66-73,80,82H,12-14,17-18,22,24-34H2,1-9H3,(H,74,75)(H,76,77)(H3,63,64,65)/b11-10+,19-15+,20-16+,23-21+/t35-,36-,37-,38-,39-,40+,41+,42+,43+,44-,45+,46+,47-,48+,49+,50+,51-,52-,53+,58-,59+,62-/m0/s1. The fourth-order valence-corrected chi connectivity index (χ4v) is 10.8. The summed E-state index contributed by atoms with van der Waals surface area (Å²) < 4.78 is 23.1. The lowest BCUT2D eigenvalue weighted by atomic mass is 9.83. The number of allylic oxidation sites excluding steroid dienone is 4. The van der Waals surface area contributed by atoms with E-state index in [1.165, 1.54) is 39.0 Å². The number of carboxylic acid groups (broad SMARTS) is 2. The molecular formula is C62H105N3O21. The Kier molecular flexibility index (Phi) is 35.2. The van der Waals surface area contributed by atoms with Crippen LogP contribution in [-0.4, -0.2) is 196 Å². The number of hydrogen-bond acceptors (Lipinski definition) is 20. The van der Waals surface area contributed by atoms with Crippen LogP contribution in [0.1, 0.15) is 158 Å². The maximum Gasteiger partial charge on any atom is 0.317 e. The van der Waals surface area contributed by atoms with Crippen molar-refractivity contribution in [1.29, 1.82) is 0 Å². The summed E-state index contributed by atoms with van der Waals surface area (Å²) in [6.45, 7) is 14.5. The molecule has 0 amide bonds. The Bertz CT molecular complexity index is 2200. The number of aliphatic hydroxyl groups excluding tert-OH is 9. The fraction of sp³-hybridized carbons (Fsp3) is 0.774. The highest BCUT2D eigenvalue weighted by atomic mass is 16.7. The molecule has 24 nitrogen and oxygen atoms in total. The first-order valence-electron chi connectivity index (χ1n) is 30.5. The normalized spacial score (nSPS) is 36.9. The number of hydrogen-bond donors (Lipinski definition) is 14. The number of guanidine groups is 1. The SMILES string of the molecule is CN=C(N)NCCC/C=C/CCC[C@H](C)C[C@H](C)[C@H]1OC(=O)[C@H](C)[C@H](O)/C=C/[C@H](C)[C@H](O)C[C@H](O)[C@H](C)[C@@H](O)CC[C@H](C)[C@H](OC(=O)CC(=O)O)C[C@]2(O)O[C@H](C[C@@H](OC(=O)CC(=O)O)C[C@@H](O)C[C@@H](O)[C@H](C)[C@H](O)/C=C/C=C/[C@@H]1C)C[C@H](O)[C@H]2O. The average Bonchev–Trinajstić information content (AvgIpc) is 1.63. The molecule has 0 aliphatic carbocycles. The molecule has 494 valence electrons. The van der Waals surface area contributed by atoms with Gasteiger partial charge < -0.3 is 91.3 Å². The first-order valence-corrected chi connectivity index (χ1v) is 30.5. The van der Waals surface area contributed by atoms with E-state index in [0.717, 1.165) is 38.6 Å². The van der Waals surface area contributed by atoms with E-state index >= 15 is 0 Å². The minimum absolute atomic E-state index is 0.00166. The van der Waals surface area contributed by atoms with Gasteiger partial charge in [0.25, 0.3) is 0 Å². The number of carboxylic acids is 2. The van der Waals surface area contributed by atoms with Crippen molar-refractivity contribution in [2.24, 2.45) is 58.1 Å². The van der Waals surface area contributed by atoms with Crippen molar-refractivity contribution in [2.75, 3.05) is 13.6 Å². The Hall–Kier alpha value is -4.86. The summed E-state index contributed by atoms with van der Waals surface area (Å²) in [5.74, 6) is -13.1. The number of rotatable bonds is 17. The Morgan fingerprint density at radius 1 is 0.721 bits per heavy atom. The molecule has 2 rings (SSSR count). The zero-order chi connectivity index (χ0) is 65.0. The molecule has 0 aromatic carbocycles. The molecule has 0 spiro atoms. The van der Waals surface area contributed by atoms with Crippen LogP contribution in [0, 0.1) is 47.3 Å². The predicted molar refractivity (Wildman–Crippen MR) is 318 cm³/mol. The lowest BCUT2D eigenvalue weighted by Crippen LogP contribution is -2.60. The largest absolute Gasteiger partial charge is 0.481 e. The van der Waals surface area contributed by atoms with Gasteiger partial charge in [-0.25, -0.2) is 0 Å². The molecule has 0 unspecified atom stereocenters. The number of nitrogens with one attached hydrogen (secondary N) is 1. The molecule has 0 radical (unpaired) electrons. The molecule has 22 atom stereocenters. The van der Waals surface area contributed by atoms with Gasteiger partial charge in [0, 0.05) is 69.4 Å². The van der Waals surface area contributed by atoms with E-state index in [1.54, 1.807) is 39.1 Å². The van der Waals surface area contributed by atoms with E-state index in [2.05, 4.69) is 29.4 Å². The number of nitrogens with zero attached hydrogens (tertiary/aromatic N) is 1. The lowest BCUT2D eigenvalue weighted by Gasteiger charge is -2.45. The number of nitrogens with two attached hydrogens (primary N) is 1. The van der Waals surface area contributed by atoms with Gasteiger partial charge in [0.2, 0.25) is 0 Å². The highest BCUT2D eigenvalue weighted by molar-refractivity contribution is 5.90. The molecule has 0 saturated carbocycles. The van der Waals surface area contributed by atoms with Gasteiger partial charge in [-0.15, -0.1) is 0 Å². The van der Waals surface area contributed by atoms with Crippen molar-refractivity contribution in [3.05, 3.63) is 48.6 Å². The number of aliphatic imine (C=N–C) groups is 1. The summed E-state index contributed by atoms with van der Waals surface area (Å²) in [4.78, 5) is 66.3. The number of aliphatic hydroxyl groups is 10. The van der Waals surface area contributed by atoms with Crippen molar-refractivity contribution in [1.82, 2.24) is 5.32 Å². The number of cyclic esters (lactones) is 1. The molecule has 2 aliphatic rings. The summed E-state index contributed by atoms with van der Waals surface area (Å²) in [5.41, 5.74) is 5.69. The Morgan fingerprint density at radius 2 is 1.33 bits per heavy atom. The van der Waals surface area contributed by atoms with Gasteiger partial charge in [-0.1, -0.05) is 103 Å². The smallest absolute Gasteiger partial charge is 0.317 e. The van der Waals surface area contributed by atoms with Crippen molar-refractivity contribution in [2.45, 2.75) is 243 Å². The number of esters is 3. The molecular weight excluding hydrogens is 1120 g/mol.